The van der Waals surface area contributed by atoms with Gasteiger partial charge in [0.2, 0.25) is 0 Å². The third-order valence-electron chi connectivity index (χ3n) is 2.95. The summed E-state index contributed by atoms with van der Waals surface area (Å²) < 4.78 is 0. The van der Waals surface area contributed by atoms with Crippen LogP contribution >= 0.6 is 11.3 Å². The van der Waals surface area contributed by atoms with E-state index in [1.165, 1.54) is 0 Å². The Kier molecular flexibility index (Phi) is 3.29. The summed E-state index contributed by atoms with van der Waals surface area (Å²) in [5.41, 5.74) is 3.04. The summed E-state index contributed by atoms with van der Waals surface area (Å²) >= 11 is 1.63. The fraction of sp³-hybridized carbons (Fsp3) is 0.0625. The lowest BCUT2D eigenvalue weighted by molar-refractivity contribution is 0.469. The molecule has 0 spiro atoms. The molecule has 3 aromatic rings. The third kappa shape index (κ3) is 2.66. The average molecular weight is 267 g/mol. The number of para-hydroxylation sites is 1. The van der Waals surface area contributed by atoms with Crippen LogP contribution < -0.4 is 0 Å². The van der Waals surface area contributed by atoms with Gasteiger partial charge in [-0.2, -0.15) is 0 Å². The normalized spacial score (nSPS) is 10.5. The molecule has 0 unspecified atom stereocenters. The van der Waals surface area contributed by atoms with Crippen LogP contribution in [0.2, 0.25) is 0 Å². The van der Waals surface area contributed by atoms with Crippen molar-refractivity contribution in [3.05, 3.63) is 70.5 Å². The quantitative estimate of drug-likeness (QED) is 0.774. The van der Waals surface area contributed by atoms with Gasteiger partial charge in [-0.25, -0.2) is 4.98 Å². The van der Waals surface area contributed by atoms with Crippen molar-refractivity contribution < 1.29 is 5.11 Å². The molecule has 0 amide bonds. The highest BCUT2D eigenvalue weighted by Gasteiger charge is 2.07. The van der Waals surface area contributed by atoms with Gasteiger partial charge in [-0.15, -0.1) is 11.3 Å². The molecule has 2 aromatic carbocycles. The van der Waals surface area contributed by atoms with Gasteiger partial charge in [0.1, 0.15) is 5.75 Å². The molecule has 0 aliphatic rings. The van der Waals surface area contributed by atoms with Gasteiger partial charge in [0, 0.05) is 22.9 Å². The van der Waals surface area contributed by atoms with E-state index in [9.17, 15) is 5.11 Å². The largest absolute Gasteiger partial charge is 0.508 e. The zero-order valence-corrected chi connectivity index (χ0v) is 11.1. The first-order chi connectivity index (χ1) is 9.33. The van der Waals surface area contributed by atoms with E-state index in [2.05, 4.69) is 22.5 Å². The second-order valence-corrected chi connectivity index (χ2v) is 5.24. The Labute approximate surface area is 116 Å². The van der Waals surface area contributed by atoms with Crippen LogP contribution in [0.5, 0.6) is 5.75 Å². The molecular weight excluding hydrogens is 254 g/mol. The Bertz CT molecular complexity index is 676. The van der Waals surface area contributed by atoms with Crippen molar-refractivity contribution in [1.29, 1.82) is 0 Å². The molecule has 0 saturated carbocycles. The van der Waals surface area contributed by atoms with Crippen LogP contribution in [-0.4, -0.2) is 10.1 Å². The number of nitrogens with zero attached hydrogens (tertiary/aromatic N) is 1. The minimum Gasteiger partial charge on any atom is -0.508 e. The topological polar surface area (TPSA) is 33.1 Å². The summed E-state index contributed by atoms with van der Waals surface area (Å²) in [5, 5.41) is 12.8. The minimum absolute atomic E-state index is 0.332. The van der Waals surface area contributed by atoms with E-state index < -0.39 is 0 Å². The summed E-state index contributed by atoms with van der Waals surface area (Å²) in [6.45, 7) is 0. The monoisotopic (exact) mass is 267 g/mol. The molecule has 0 bridgehead atoms. The molecule has 1 N–H and O–H groups in total. The Morgan fingerprint density at radius 2 is 1.68 bits per heavy atom. The molecule has 1 heterocycles. The molecule has 0 aliphatic heterocycles. The molecule has 3 heteroatoms. The summed E-state index contributed by atoms with van der Waals surface area (Å²) in [6, 6.07) is 17.5. The molecule has 0 fully saturated rings. The van der Waals surface area contributed by atoms with Crippen molar-refractivity contribution in [2.24, 2.45) is 0 Å². The molecular formula is C16H13NOS. The van der Waals surface area contributed by atoms with Crippen molar-refractivity contribution in [2.45, 2.75) is 6.42 Å². The van der Waals surface area contributed by atoms with Gasteiger partial charge in [-0.1, -0.05) is 48.5 Å². The maximum atomic E-state index is 9.77. The maximum absolute atomic E-state index is 9.77. The minimum atomic E-state index is 0.332. The molecule has 0 saturated heterocycles. The highest BCUT2D eigenvalue weighted by atomic mass is 32.1. The van der Waals surface area contributed by atoms with Crippen molar-refractivity contribution in [2.75, 3.05) is 0 Å². The molecule has 2 nitrogen and oxygen atoms in total. The van der Waals surface area contributed by atoms with E-state index in [1.54, 1.807) is 17.4 Å². The Morgan fingerprint density at radius 1 is 0.947 bits per heavy atom. The smallest absolute Gasteiger partial charge is 0.119 e. The van der Waals surface area contributed by atoms with E-state index in [-0.39, 0.29) is 0 Å². The first-order valence-corrected chi connectivity index (χ1v) is 6.97. The molecule has 94 valence electrons. The van der Waals surface area contributed by atoms with Crippen molar-refractivity contribution >= 4 is 11.3 Å². The number of hydrogen-bond donors (Lipinski definition) is 1. The van der Waals surface area contributed by atoms with Crippen LogP contribution in [0.1, 0.15) is 10.6 Å². The molecule has 0 atom stereocenters. The van der Waals surface area contributed by atoms with Crippen molar-refractivity contribution in [3.8, 4) is 17.0 Å². The predicted molar refractivity (Wildman–Crippen MR) is 78.5 cm³/mol. The second kappa shape index (κ2) is 5.24. The Hall–Kier alpha value is -2.13. The van der Waals surface area contributed by atoms with Gasteiger partial charge in [0.15, 0.2) is 0 Å². The molecule has 19 heavy (non-hydrogen) atoms. The fourth-order valence-corrected chi connectivity index (χ4v) is 2.78. The van der Waals surface area contributed by atoms with Gasteiger partial charge in [-0.05, 0) is 6.07 Å². The number of thiazole rings is 1. The summed E-state index contributed by atoms with van der Waals surface area (Å²) in [6.07, 6.45) is 0.671. The van der Waals surface area contributed by atoms with Crippen LogP contribution in [-0.2, 0) is 6.42 Å². The highest BCUT2D eigenvalue weighted by Crippen LogP contribution is 2.25. The van der Waals surface area contributed by atoms with Crippen LogP contribution in [0.4, 0.5) is 0 Å². The second-order valence-electron chi connectivity index (χ2n) is 4.30. The lowest BCUT2D eigenvalue weighted by atomic mass is 10.1. The Balaban J connectivity index is 1.85. The van der Waals surface area contributed by atoms with Crippen LogP contribution in [0.25, 0.3) is 11.3 Å². The summed E-state index contributed by atoms with van der Waals surface area (Å²) in [4.78, 5) is 4.62. The number of hydrogen-bond acceptors (Lipinski definition) is 3. The molecule has 1 aromatic heterocycles. The lowest BCUT2D eigenvalue weighted by Gasteiger charge is -2.01. The van der Waals surface area contributed by atoms with E-state index in [4.69, 9.17) is 0 Å². The van der Waals surface area contributed by atoms with Gasteiger partial charge in [-0.3, -0.25) is 0 Å². The first kappa shape index (κ1) is 11.9. The zero-order chi connectivity index (χ0) is 13.1. The summed E-state index contributed by atoms with van der Waals surface area (Å²) in [7, 11) is 0. The zero-order valence-electron chi connectivity index (χ0n) is 10.3. The number of phenolic OH excluding ortho intramolecular Hbond substituents is 1. The van der Waals surface area contributed by atoms with Crippen LogP contribution in [0, 0.1) is 0 Å². The average Bonchev–Trinajstić information content (AvgIpc) is 2.91. The van der Waals surface area contributed by atoms with Crippen molar-refractivity contribution in [1.82, 2.24) is 4.98 Å². The standard InChI is InChI=1S/C16H13NOS/c18-15-9-5-4-8-13(15)10-16-17-14(11-19-16)12-6-2-1-3-7-12/h1-9,11,18H,10H2. The van der Waals surface area contributed by atoms with Gasteiger partial charge >= 0.3 is 0 Å². The van der Waals surface area contributed by atoms with Gasteiger partial charge in [0.05, 0.1) is 10.7 Å². The highest BCUT2D eigenvalue weighted by molar-refractivity contribution is 7.10. The first-order valence-electron chi connectivity index (χ1n) is 6.09. The molecule has 0 aliphatic carbocycles. The van der Waals surface area contributed by atoms with E-state index in [0.29, 0.717) is 12.2 Å². The number of aromatic nitrogens is 1. The molecule has 3 rings (SSSR count). The number of benzene rings is 2. The Morgan fingerprint density at radius 3 is 2.47 bits per heavy atom. The fourth-order valence-electron chi connectivity index (χ4n) is 1.96. The van der Waals surface area contributed by atoms with Crippen LogP contribution in [0.3, 0.4) is 0 Å². The predicted octanol–water partition coefficient (Wildman–Crippen LogP) is 4.11. The van der Waals surface area contributed by atoms with E-state index >= 15 is 0 Å². The maximum Gasteiger partial charge on any atom is 0.119 e. The van der Waals surface area contributed by atoms with Gasteiger partial charge in [0.25, 0.3) is 0 Å². The van der Waals surface area contributed by atoms with Gasteiger partial charge < -0.3 is 5.11 Å². The SMILES string of the molecule is Oc1ccccc1Cc1nc(-c2ccccc2)cs1. The van der Waals surface area contributed by atoms with Crippen molar-refractivity contribution in [3.63, 3.8) is 0 Å². The number of aromatic hydroxyl groups is 1. The molecule has 0 radical (unpaired) electrons. The van der Waals surface area contributed by atoms with E-state index in [1.807, 2.05) is 36.4 Å². The third-order valence-corrected chi connectivity index (χ3v) is 3.80. The number of phenols is 1. The number of rotatable bonds is 3. The van der Waals surface area contributed by atoms with Crippen LogP contribution in [0.15, 0.2) is 60.0 Å². The van der Waals surface area contributed by atoms with E-state index in [0.717, 1.165) is 21.8 Å². The summed E-state index contributed by atoms with van der Waals surface area (Å²) in [5.74, 6) is 0.332. The lowest BCUT2D eigenvalue weighted by Crippen LogP contribution is -1.88.